The maximum atomic E-state index is 12.3. The highest BCUT2D eigenvalue weighted by Crippen LogP contribution is 2.21. The smallest absolute Gasteiger partial charge is 0.257 e. The van der Waals surface area contributed by atoms with Gasteiger partial charge in [0.05, 0.1) is 11.7 Å². The Hall–Kier alpha value is -1.59. The minimum Gasteiger partial charge on any atom is -0.507 e. The van der Waals surface area contributed by atoms with Crippen LogP contribution in [0, 0.1) is 0 Å². The van der Waals surface area contributed by atoms with E-state index in [2.05, 4.69) is 0 Å². The van der Waals surface area contributed by atoms with Crippen molar-refractivity contribution >= 4 is 5.91 Å². The molecule has 0 aromatic heterocycles. The number of piperidine rings is 1. The minimum absolute atomic E-state index is 0.0406. The molecule has 110 valence electrons. The summed E-state index contributed by atoms with van der Waals surface area (Å²) in [6, 6.07) is 6.66. The number of carbonyl (C=O) groups is 1. The number of amides is 1. The number of aromatic hydroxyl groups is 1. The first-order chi connectivity index (χ1) is 9.72. The van der Waals surface area contributed by atoms with Gasteiger partial charge in [0.25, 0.3) is 5.91 Å². The Balaban J connectivity index is 1.85. The van der Waals surface area contributed by atoms with E-state index in [1.165, 1.54) is 6.07 Å². The second-order valence-corrected chi connectivity index (χ2v) is 5.02. The molecule has 3 N–H and O–H groups in total. The van der Waals surface area contributed by atoms with Gasteiger partial charge in [-0.3, -0.25) is 4.79 Å². The highest BCUT2D eigenvalue weighted by atomic mass is 16.5. The Bertz CT molecular complexity index is 442. The van der Waals surface area contributed by atoms with Crippen LogP contribution in [0.25, 0.3) is 0 Å². The molecule has 2 rings (SSSR count). The van der Waals surface area contributed by atoms with Crippen LogP contribution < -0.4 is 5.73 Å². The summed E-state index contributed by atoms with van der Waals surface area (Å²) in [5.74, 6) is -0.0673. The third kappa shape index (κ3) is 3.71. The lowest BCUT2D eigenvalue weighted by molar-refractivity contribution is 0.00839. The highest BCUT2D eigenvalue weighted by molar-refractivity contribution is 5.96. The van der Waals surface area contributed by atoms with Crippen LogP contribution in [0.15, 0.2) is 24.3 Å². The van der Waals surface area contributed by atoms with Crippen LogP contribution in [0.5, 0.6) is 5.75 Å². The Labute approximate surface area is 119 Å². The SMILES string of the molecule is NCCCOC1CCN(C(=O)c2ccccc2O)CC1. The first kappa shape index (κ1) is 14.8. The molecule has 1 aliphatic rings. The number of phenols is 1. The average molecular weight is 278 g/mol. The zero-order chi connectivity index (χ0) is 14.4. The third-order valence-corrected chi connectivity index (χ3v) is 3.57. The molecule has 5 heteroatoms. The molecule has 0 radical (unpaired) electrons. The summed E-state index contributed by atoms with van der Waals surface area (Å²) in [4.78, 5) is 14.1. The largest absolute Gasteiger partial charge is 0.507 e. The zero-order valence-corrected chi connectivity index (χ0v) is 11.6. The van der Waals surface area contributed by atoms with E-state index in [9.17, 15) is 9.90 Å². The lowest BCUT2D eigenvalue weighted by Gasteiger charge is -2.32. The molecule has 0 bridgehead atoms. The van der Waals surface area contributed by atoms with E-state index in [1.807, 2.05) is 0 Å². The van der Waals surface area contributed by atoms with Crippen molar-refractivity contribution in [3.8, 4) is 5.75 Å². The van der Waals surface area contributed by atoms with Crippen molar-refractivity contribution in [2.75, 3.05) is 26.2 Å². The summed E-state index contributed by atoms with van der Waals surface area (Å²) in [5.41, 5.74) is 5.80. The number of likely N-dealkylation sites (tertiary alicyclic amines) is 1. The van der Waals surface area contributed by atoms with Crippen molar-refractivity contribution in [1.29, 1.82) is 0 Å². The molecule has 20 heavy (non-hydrogen) atoms. The lowest BCUT2D eigenvalue weighted by Crippen LogP contribution is -2.41. The van der Waals surface area contributed by atoms with E-state index in [1.54, 1.807) is 23.1 Å². The zero-order valence-electron chi connectivity index (χ0n) is 11.6. The molecule has 1 aromatic carbocycles. The lowest BCUT2D eigenvalue weighted by atomic mass is 10.1. The van der Waals surface area contributed by atoms with Gasteiger partial charge in [-0.2, -0.15) is 0 Å². The standard InChI is InChI=1S/C15H22N2O3/c16-8-3-11-20-12-6-9-17(10-7-12)15(19)13-4-1-2-5-14(13)18/h1-2,4-5,12,18H,3,6-11,16H2. The Kier molecular flexibility index (Phi) is 5.38. The van der Waals surface area contributed by atoms with Crippen LogP contribution in [0.2, 0.25) is 0 Å². The van der Waals surface area contributed by atoms with Crippen LogP contribution in [0.4, 0.5) is 0 Å². The number of ether oxygens (including phenoxy) is 1. The van der Waals surface area contributed by atoms with Gasteiger partial charge in [0, 0.05) is 19.7 Å². The van der Waals surface area contributed by atoms with E-state index in [4.69, 9.17) is 10.5 Å². The van der Waals surface area contributed by atoms with Gasteiger partial charge in [0.15, 0.2) is 0 Å². The van der Waals surface area contributed by atoms with Crippen LogP contribution in [-0.4, -0.2) is 48.3 Å². The maximum absolute atomic E-state index is 12.3. The van der Waals surface area contributed by atoms with E-state index < -0.39 is 0 Å². The molecule has 1 amide bonds. The third-order valence-electron chi connectivity index (χ3n) is 3.57. The number of para-hydroxylation sites is 1. The summed E-state index contributed by atoms with van der Waals surface area (Å²) in [6.07, 6.45) is 2.76. The summed E-state index contributed by atoms with van der Waals surface area (Å²) < 4.78 is 5.71. The normalized spacial score (nSPS) is 16.4. The average Bonchev–Trinajstić information content (AvgIpc) is 2.48. The van der Waals surface area contributed by atoms with E-state index >= 15 is 0 Å². The van der Waals surface area contributed by atoms with Gasteiger partial charge in [0.1, 0.15) is 5.75 Å². The second-order valence-electron chi connectivity index (χ2n) is 5.02. The fraction of sp³-hybridized carbons (Fsp3) is 0.533. The first-order valence-electron chi connectivity index (χ1n) is 7.11. The van der Waals surface area contributed by atoms with Crippen molar-refractivity contribution in [3.63, 3.8) is 0 Å². The summed E-state index contributed by atoms with van der Waals surface area (Å²) in [6.45, 7) is 2.67. The first-order valence-corrected chi connectivity index (χ1v) is 7.11. The topological polar surface area (TPSA) is 75.8 Å². The molecule has 0 spiro atoms. The van der Waals surface area contributed by atoms with E-state index in [0.29, 0.717) is 31.8 Å². The molecule has 0 aliphatic carbocycles. The number of nitrogens with two attached hydrogens (primary N) is 1. The molecule has 1 heterocycles. The van der Waals surface area contributed by atoms with Crippen molar-refractivity contribution in [2.24, 2.45) is 5.73 Å². The van der Waals surface area contributed by atoms with Crippen molar-refractivity contribution in [1.82, 2.24) is 4.90 Å². The summed E-state index contributed by atoms with van der Waals surface area (Å²) >= 11 is 0. The van der Waals surface area contributed by atoms with Gasteiger partial charge in [0.2, 0.25) is 0 Å². The summed E-state index contributed by atoms with van der Waals surface area (Å²) in [7, 11) is 0. The number of carbonyl (C=O) groups excluding carboxylic acids is 1. The van der Waals surface area contributed by atoms with E-state index in [-0.39, 0.29) is 17.8 Å². The Morgan fingerprint density at radius 2 is 2.05 bits per heavy atom. The quantitative estimate of drug-likeness (QED) is 0.797. The Morgan fingerprint density at radius 1 is 1.35 bits per heavy atom. The van der Waals surface area contributed by atoms with Gasteiger partial charge in [-0.25, -0.2) is 0 Å². The molecule has 5 nitrogen and oxygen atoms in total. The van der Waals surface area contributed by atoms with Crippen molar-refractivity contribution in [2.45, 2.75) is 25.4 Å². The second kappa shape index (κ2) is 7.26. The molecular formula is C15H22N2O3. The molecule has 1 aromatic rings. The van der Waals surface area contributed by atoms with Gasteiger partial charge >= 0.3 is 0 Å². The predicted molar refractivity (Wildman–Crippen MR) is 76.7 cm³/mol. The molecule has 0 saturated carbocycles. The van der Waals surface area contributed by atoms with Gasteiger partial charge in [-0.05, 0) is 37.9 Å². The number of phenolic OH excluding ortho intramolecular Hbond substituents is 1. The molecule has 1 fully saturated rings. The number of rotatable bonds is 5. The maximum Gasteiger partial charge on any atom is 0.257 e. The molecule has 1 aliphatic heterocycles. The molecule has 0 unspecified atom stereocenters. The van der Waals surface area contributed by atoms with Crippen LogP contribution >= 0.6 is 0 Å². The van der Waals surface area contributed by atoms with Gasteiger partial charge in [-0.1, -0.05) is 12.1 Å². The Morgan fingerprint density at radius 3 is 2.70 bits per heavy atom. The van der Waals surface area contributed by atoms with Gasteiger partial charge in [-0.15, -0.1) is 0 Å². The number of hydrogen-bond acceptors (Lipinski definition) is 4. The number of nitrogens with zero attached hydrogens (tertiary/aromatic N) is 1. The predicted octanol–water partition coefficient (Wildman–Crippen LogP) is 1.36. The number of hydrogen-bond donors (Lipinski definition) is 2. The van der Waals surface area contributed by atoms with Crippen LogP contribution in [0.1, 0.15) is 29.6 Å². The van der Waals surface area contributed by atoms with Crippen molar-refractivity contribution < 1.29 is 14.6 Å². The van der Waals surface area contributed by atoms with E-state index in [0.717, 1.165) is 19.3 Å². The van der Waals surface area contributed by atoms with Crippen molar-refractivity contribution in [3.05, 3.63) is 29.8 Å². The number of benzene rings is 1. The molecular weight excluding hydrogens is 256 g/mol. The fourth-order valence-electron chi connectivity index (χ4n) is 2.38. The minimum atomic E-state index is -0.108. The highest BCUT2D eigenvalue weighted by Gasteiger charge is 2.25. The van der Waals surface area contributed by atoms with Crippen LogP contribution in [-0.2, 0) is 4.74 Å². The van der Waals surface area contributed by atoms with Crippen LogP contribution in [0.3, 0.4) is 0 Å². The van der Waals surface area contributed by atoms with Gasteiger partial charge < -0.3 is 20.5 Å². The summed E-state index contributed by atoms with van der Waals surface area (Å²) in [5, 5.41) is 9.72. The molecule has 0 atom stereocenters. The monoisotopic (exact) mass is 278 g/mol. The fourth-order valence-corrected chi connectivity index (χ4v) is 2.38. The molecule has 1 saturated heterocycles.